The molecular weight excluding hydrogens is 333 g/mol. The Balaban J connectivity index is 0.00000169. The molecule has 0 aliphatic carbocycles. The van der Waals surface area contributed by atoms with E-state index < -0.39 is 0 Å². The predicted molar refractivity (Wildman–Crippen MR) is 91.0 cm³/mol. The number of benzene rings is 1. The number of imidazole rings is 1. The van der Waals surface area contributed by atoms with Crippen molar-refractivity contribution in [2.75, 3.05) is 0 Å². The van der Waals surface area contributed by atoms with Gasteiger partial charge in [0.15, 0.2) is 5.65 Å². The van der Waals surface area contributed by atoms with Crippen molar-refractivity contribution >= 4 is 28.2 Å². The second-order valence-corrected chi connectivity index (χ2v) is 5.62. The summed E-state index contributed by atoms with van der Waals surface area (Å²) in [6, 6.07) is 6.02. The summed E-state index contributed by atoms with van der Waals surface area (Å²) in [5, 5.41) is 4.68. The SMILES string of the molecule is C=[C-]NCc1cc2cc(Cl)c(-c3cn4ccnc4cn3)cc2[nH]1.[Na+]. The van der Waals surface area contributed by atoms with Gasteiger partial charge in [-0.15, -0.1) is 0 Å². The van der Waals surface area contributed by atoms with Crippen LogP contribution in [-0.4, -0.2) is 19.4 Å². The van der Waals surface area contributed by atoms with Crippen molar-refractivity contribution in [1.29, 1.82) is 0 Å². The third-order valence-corrected chi connectivity index (χ3v) is 4.04. The van der Waals surface area contributed by atoms with E-state index >= 15 is 0 Å². The van der Waals surface area contributed by atoms with E-state index in [4.69, 9.17) is 11.6 Å². The number of hydrogen-bond donors (Lipinski definition) is 2. The quantitative estimate of drug-likeness (QED) is 0.323. The van der Waals surface area contributed by atoms with Crippen LogP contribution < -0.4 is 34.9 Å². The van der Waals surface area contributed by atoms with Gasteiger partial charge in [0.1, 0.15) is 0 Å². The topological polar surface area (TPSA) is 58.0 Å². The van der Waals surface area contributed by atoms with Crippen LogP contribution in [-0.2, 0) is 6.54 Å². The van der Waals surface area contributed by atoms with Gasteiger partial charge in [-0.05, 0) is 18.2 Å². The molecule has 0 radical (unpaired) electrons. The third-order valence-electron chi connectivity index (χ3n) is 3.72. The molecule has 0 aliphatic rings. The second-order valence-electron chi connectivity index (χ2n) is 5.21. The molecule has 7 heteroatoms. The fraction of sp³-hybridized carbons (Fsp3) is 0.0588. The van der Waals surface area contributed by atoms with E-state index in [1.165, 1.54) is 0 Å². The third kappa shape index (κ3) is 3.08. The normalized spacial score (nSPS) is 10.7. The van der Waals surface area contributed by atoms with E-state index in [-0.39, 0.29) is 29.6 Å². The van der Waals surface area contributed by atoms with E-state index in [9.17, 15) is 0 Å². The van der Waals surface area contributed by atoms with Crippen molar-refractivity contribution in [3.8, 4) is 11.3 Å². The molecule has 0 saturated heterocycles. The number of halogens is 1. The first-order valence-corrected chi connectivity index (χ1v) is 7.47. The monoisotopic (exact) mass is 345 g/mol. The van der Waals surface area contributed by atoms with Gasteiger partial charge < -0.3 is 20.9 Å². The summed E-state index contributed by atoms with van der Waals surface area (Å²) < 4.78 is 1.92. The summed E-state index contributed by atoms with van der Waals surface area (Å²) in [5.41, 5.74) is 4.54. The maximum atomic E-state index is 6.46. The van der Waals surface area contributed by atoms with Crippen LogP contribution in [0.4, 0.5) is 0 Å². The Kier molecular flexibility index (Phi) is 4.96. The van der Waals surface area contributed by atoms with E-state index in [0.29, 0.717) is 11.6 Å². The second kappa shape index (κ2) is 6.99. The first-order valence-electron chi connectivity index (χ1n) is 7.10. The number of aromatic amines is 1. The van der Waals surface area contributed by atoms with Crippen molar-refractivity contribution < 1.29 is 29.6 Å². The van der Waals surface area contributed by atoms with Crippen molar-refractivity contribution in [2.45, 2.75) is 6.54 Å². The molecule has 0 amide bonds. The molecular formula is C17H13ClN5Na. The standard InChI is InChI=1S/C17H13ClN5.Na/c1-2-19-8-12-5-11-6-14(18)13(7-15(11)22-12)16-10-23-4-3-20-17(23)9-21-16;/h3-7,9-10,19,22H,1,8H2;/q-1;+1. The minimum Gasteiger partial charge on any atom is -0.563 e. The molecule has 4 rings (SSSR count). The Hall–Kier alpha value is -1.79. The fourth-order valence-electron chi connectivity index (χ4n) is 2.63. The average Bonchev–Trinajstić information content (AvgIpc) is 3.17. The van der Waals surface area contributed by atoms with Gasteiger partial charge in [0, 0.05) is 47.3 Å². The zero-order valence-corrected chi connectivity index (χ0v) is 15.9. The van der Waals surface area contributed by atoms with Gasteiger partial charge in [-0.25, -0.2) is 4.98 Å². The van der Waals surface area contributed by atoms with Crippen molar-refractivity contribution in [3.05, 3.63) is 66.5 Å². The van der Waals surface area contributed by atoms with Crippen LogP contribution in [0.1, 0.15) is 5.69 Å². The number of nitrogens with zero attached hydrogens (tertiary/aromatic N) is 3. The molecule has 3 heterocycles. The van der Waals surface area contributed by atoms with Gasteiger partial charge in [-0.1, -0.05) is 11.6 Å². The summed E-state index contributed by atoms with van der Waals surface area (Å²) in [4.78, 5) is 12.0. The Morgan fingerprint density at radius 1 is 1.29 bits per heavy atom. The molecule has 5 nitrogen and oxygen atoms in total. The van der Waals surface area contributed by atoms with E-state index in [1.807, 2.05) is 28.9 Å². The predicted octanol–water partition coefficient (Wildman–Crippen LogP) is 0.571. The molecule has 0 bridgehead atoms. The van der Waals surface area contributed by atoms with Crippen LogP contribution in [0, 0.1) is 6.20 Å². The Morgan fingerprint density at radius 3 is 3.00 bits per heavy atom. The molecule has 3 aromatic heterocycles. The number of rotatable bonds is 4. The minimum atomic E-state index is 0. The zero-order valence-electron chi connectivity index (χ0n) is 13.2. The van der Waals surface area contributed by atoms with E-state index in [0.717, 1.165) is 33.5 Å². The number of aromatic nitrogens is 4. The fourth-order valence-corrected chi connectivity index (χ4v) is 2.90. The molecule has 24 heavy (non-hydrogen) atoms. The molecule has 0 spiro atoms. The Labute approximate surface area is 166 Å². The molecule has 114 valence electrons. The van der Waals surface area contributed by atoms with Crippen LogP contribution in [0.5, 0.6) is 0 Å². The Bertz CT molecular complexity index is 1020. The van der Waals surface area contributed by atoms with Crippen LogP contribution in [0.25, 0.3) is 27.8 Å². The van der Waals surface area contributed by atoms with Gasteiger partial charge in [0.25, 0.3) is 0 Å². The number of H-pyrrole nitrogens is 1. The molecule has 1 aromatic carbocycles. The van der Waals surface area contributed by atoms with Crippen molar-refractivity contribution in [1.82, 2.24) is 24.7 Å². The largest absolute Gasteiger partial charge is 1.00 e. The van der Waals surface area contributed by atoms with Crippen LogP contribution in [0.2, 0.25) is 5.02 Å². The summed E-state index contributed by atoms with van der Waals surface area (Å²) in [5.74, 6) is 0. The maximum Gasteiger partial charge on any atom is 1.00 e. The molecule has 0 aliphatic heterocycles. The summed E-state index contributed by atoms with van der Waals surface area (Å²) in [6.07, 6.45) is 9.95. The first kappa shape index (κ1) is 17.0. The molecule has 0 saturated carbocycles. The number of hydrogen-bond acceptors (Lipinski definition) is 3. The van der Waals surface area contributed by atoms with Crippen LogP contribution >= 0.6 is 11.6 Å². The molecule has 0 atom stereocenters. The van der Waals surface area contributed by atoms with E-state index in [2.05, 4.69) is 39.1 Å². The van der Waals surface area contributed by atoms with Gasteiger partial charge in [-0.3, -0.25) is 11.6 Å². The minimum absolute atomic E-state index is 0. The molecule has 0 fully saturated rings. The van der Waals surface area contributed by atoms with Gasteiger partial charge >= 0.3 is 29.6 Å². The van der Waals surface area contributed by atoms with Crippen LogP contribution in [0.3, 0.4) is 0 Å². The summed E-state index contributed by atoms with van der Waals surface area (Å²) >= 11 is 6.46. The molecule has 2 N–H and O–H groups in total. The molecule has 4 aromatic rings. The average molecular weight is 346 g/mol. The van der Waals surface area contributed by atoms with Gasteiger partial charge in [0.2, 0.25) is 0 Å². The number of nitrogens with one attached hydrogen (secondary N) is 2. The van der Waals surface area contributed by atoms with Gasteiger partial charge in [0.05, 0.1) is 16.9 Å². The summed E-state index contributed by atoms with van der Waals surface area (Å²) in [6.45, 7) is 4.17. The Morgan fingerprint density at radius 2 is 2.17 bits per heavy atom. The van der Waals surface area contributed by atoms with Gasteiger partial charge in [-0.2, -0.15) is 0 Å². The first-order chi connectivity index (χ1) is 11.2. The van der Waals surface area contributed by atoms with E-state index in [1.54, 1.807) is 12.4 Å². The smallest absolute Gasteiger partial charge is 0.563 e. The number of fused-ring (bicyclic) bond motifs is 2. The summed E-state index contributed by atoms with van der Waals surface area (Å²) in [7, 11) is 0. The van der Waals surface area contributed by atoms with Crippen LogP contribution in [0.15, 0.2) is 49.6 Å². The molecule has 0 unspecified atom stereocenters. The van der Waals surface area contributed by atoms with Crippen molar-refractivity contribution in [2.24, 2.45) is 0 Å². The maximum absolute atomic E-state index is 6.46. The zero-order chi connectivity index (χ0) is 15.8. The van der Waals surface area contributed by atoms with Crippen molar-refractivity contribution in [3.63, 3.8) is 0 Å².